The SMILES string of the molecule is CCn1nnc2cc(C(=O)N3CCN(CC(=O)Nc4ccccc4C(F)(F)F)CC3)ccc21. The van der Waals surface area contributed by atoms with Crippen LogP contribution < -0.4 is 5.32 Å². The molecular weight excluding hydrogens is 437 g/mol. The number of halogens is 3. The van der Waals surface area contributed by atoms with Crippen molar-refractivity contribution in [1.82, 2.24) is 24.8 Å². The number of hydrogen-bond acceptors (Lipinski definition) is 5. The van der Waals surface area contributed by atoms with Gasteiger partial charge in [0.25, 0.3) is 5.91 Å². The lowest BCUT2D eigenvalue weighted by Gasteiger charge is -2.34. The molecule has 1 fully saturated rings. The molecule has 2 amide bonds. The third-order valence-corrected chi connectivity index (χ3v) is 5.59. The van der Waals surface area contributed by atoms with Gasteiger partial charge in [0.15, 0.2) is 0 Å². The molecule has 174 valence electrons. The Balaban J connectivity index is 1.33. The smallest absolute Gasteiger partial charge is 0.336 e. The van der Waals surface area contributed by atoms with Gasteiger partial charge in [0, 0.05) is 38.3 Å². The zero-order chi connectivity index (χ0) is 23.6. The van der Waals surface area contributed by atoms with Gasteiger partial charge < -0.3 is 10.2 Å². The Bertz CT molecular complexity index is 1170. The minimum Gasteiger partial charge on any atom is -0.336 e. The Labute approximate surface area is 187 Å². The van der Waals surface area contributed by atoms with Crippen LogP contribution in [-0.4, -0.2) is 69.3 Å². The summed E-state index contributed by atoms with van der Waals surface area (Å²) in [6, 6.07) is 10.2. The number of nitrogens with one attached hydrogen (secondary N) is 1. The molecule has 1 aromatic heterocycles. The van der Waals surface area contributed by atoms with E-state index in [1.165, 1.54) is 18.2 Å². The second-order valence-corrected chi connectivity index (χ2v) is 7.77. The number of aryl methyl sites for hydroxylation is 1. The third kappa shape index (κ3) is 4.98. The van der Waals surface area contributed by atoms with Gasteiger partial charge in [0.2, 0.25) is 5.91 Å². The molecule has 1 aliphatic heterocycles. The summed E-state index contributed by atoms with van der Waals surface area (Å²) in [4.78, 5) is 28.7. The molecule has 1 saturated heterocycles. The minimum atomic E-state index is -4.55. The van der Waals surface area contributed by atoms with Crippen LogP contribution >= 0.6 is 0 Å². The fraction of sp³-hybridized carbons (Fsp3) is 0.364. The molecule has 2 heterocycles. The third-order valence-electron chi connectivity index (χ3n) is 5.59. The van der Waals surface area contributed by atoms with Crippen molar-refractivity contribution in [2.75, 3.05) is 38.0 Å². The highest BCUT2D eigenvalue weighted by Gasteiger charge is 2.33. The normalized spacial score (nSPS) is 15.1. The van der Waals surface area contributed by atoms with Gasteiger partial charge in [-0.1, -0.05) is 17.3 Å². The topological polar surface area (TPSA) is 83.4 Å². The summed E-state index contributed by atoms with van der Waals surface area (Å²) < 4.78 is 41.1. The molecule has 4 rings (SSSR count). The van der Waals surface area contributed by atoms with Crippen LogP contribution in [0.1, 0.15) is 22.8 Å². The van der Waals surface area contributed by atoms with Crippen LogP contribution in [0.2, 0.25) is 0 Å². The lowest BCUT2D eigenvalue weighted by atomic mass is 10.1. The number of amides is 2. The summed E-state index contributed by atoms with van der Waals surface area (Å²) in [6.45, 7) is 4.28. The molecule has 33 heavy (non-hydrogen) atoms. The average molecular weight is 460 g/mol. The van der Waals surface area contributed by atoms with Crippen molar-refractivity contribution in [1.29, 1.82) is 0 Å². The van der Waals surface area contributed by atoms with Gasteiger partial charge in [0.1, 0.15) is 5.52 Å². The fourth-order valence-corrected chi connectivity index (χ4v) is 3.86. The van der Waals surface area contributed by atoms with Crippen LogP contribution in [0.3, 0.4) is 0 Å². The van der Waals surface area contributed by atoms with Gasteiger partial charge in [0.05, 0.1) is 23.3 Å². The van der Waals surface area contributed by atoms with Crippen molar-refractivity contribution in [2.24, 2.45) is 0 Å². The first-order valence-corrected chi connectivity index (χ1v) is 10.6. The highest BCUT2D eigenvalue weighted by atomic mass is 19.4. The van der Waals surface area contributed by atoms with Gasteiger partial charge in [-0.3, -0.25) is 14.5 Å². The Kier molecular flexibility index (Phi) is 6.32. The maximum atomic E-state index is 13.1. The second kappa shape index (κ2) is 9.18. The Morgan fingerprint density at radius 3 is 2.48 bits per heavy atom. The number of benzene rings is 2. The first kappa shape index (κ1) is 22.7. The molecule has 1 N–H and O–H groups in total. The summed E-state index contributed by atoms with van der Waals surface area (Å²) in [5, 5.41) is 10.5. The van der Waals surface area contributed by atoms with Gasteiger partial charge in [-0.05, 0) is 37.3 Å². The number of hydrogen-bond donors (Lipinski definition) is 1. The van der Waals surface area contributed by atoms with Gasteiger partial charge in [-0.15, -0.1) is 5.10 Å². The van der Waals surface area contributed by atoms with E-state index in [0.29, 0.717) is 43.8 Å². The van der Waals surface area contributed by atoms with E-state index >= 15 is 0 Å². The molecule has 2 aromatic carbocycles. The van der Waals surface area contributed by atoms with Crippen LogP contribution in [-0.2, 0) is 17.5 Å². The van der Waals surface area contributed by atoms with Crippen LogP contribution in [0.25, 0.3) is 11.0 Å². The van der Waals surface area contributed by atoms with Crippen LogP contribution in [0.5, 0.6) is 0 Å². The number of carbonyl (C=O) groups is 2. The van der Waals surface area contributed by atoms with Crippen molar-refractivity contribution in [2.45, 2.75) is 19.6 Å². The number of aromatic nitrogens is 3. The quantitative estimate of drug-likeness (QED) is 0.633. The number of nitrogens with zero attached hydrogens (tertiary/aromatic N) is 5. The van der Waals surface area contributed by atoms with Crippen molar-refractivity contribution < 1.29 is 22.8 Å². The summed E-state index contributed by atoms with van der Waals surface area (Å²) in [6.07, 6.45) is -4.55. The van der Waals surface area contributed by atoms with E-state index in [1.54, 1.807) is 21.7 Å². The van der Waals surface area contributed by atoms with Gasteiger partial charge in [-0.25, -0.2) is 4.68 Å². The molecule has 0 bridgehead atoms. The van der Waals surface area contributed by atoms with Crippen molar-refractivity contribution in [3.05, 3.63) is 53.6 Å². The van der Waals surface area contributed by atoms with Crippen LogP contribution in [0.4, 0.5) is 18.9 Å². The van der Waals surface area contributed by atoms with E-state index in [4.69, 9.17) is 0 Å². The Morgan fingerprint density at radius 2 is 1.79 bits per heavy atom. The monoisotopic (exact) mass is 460 g/mol. The first-order chi connectivity index (χ1) is 15.8. The molecule has 3 aromatic rings. The van der Waals surface area contributed by atoms with Gasteiger partial charge >= 0.3 is 6.18 Å². The van der Waals surface area contributed by atoms with Crippen molar-refractivity contribution in [3.8, 4) is 0 Å². The Hall–Kier alpha value is -3.47. The number of piperazine rings is 1. The maximum absolute atomic E-state index is 13.1. The summed E-state index contributed by atoms with van der Waals surface area (Å²) >= 11 is 0. The fourth-order valence-electron chi connectivity index (χ4n) is 3.86. The second-order valence-electron chi connectivity index (χ2n) is 7.77. The molecule has 0 spiro atoms. The molecule has 0 radical (unpaired) electrons. The molecule has 8 nitrogen and oxygen atoms in total. The Morgan fingerprint density at radius 1 is 1.06 bits per heavy atom. The number of alkyl halides is 3. The van der Waals surface area contributed by atoms with Crippen LogP contribution in [0.15, 0.2) is 42.5 Å². The molecule has 0 saturated carbocycles. The standard InChI is InChI=1S/C22H23F3N6O2/c1-2-31-19-8-7-15(13-18(19)27-28-31)21(33)30-11-9-29(10-12-30)14-20(32)26-17-6-4-3-5-16(17)22(23,24)25/h3-8,13H,2,9-12,14H2,1H3,(H,26,32). The summed E-state index contributed by atoms with van der Waals surface area (Å²) in [5.41, 5.74) is 0.874. The zero-order valence-electron chi connectivity index (χ0n) is 18.0. The number of rotatable bonds is 5. The largest absolute Gasteiger partial charge is 0.418 e. The number of fused-ring (bicyclic) bond motifs is 1. The predicted octanol–water partition coefficient (Wildman–Crippen LogP) is 2.87. The van der Waals surface area contributed by atoms with E-state index in [9.17, 15) is 22.8 Å². The lowest BCUT2D eigenvalue weighted by Crippen LogP contribution is -2.50. The minimum absolute atomic E-state index is 0.0553. The molecule has 0 aliphatic carbocycles. The number of para-hydroxylation sites is 1. The molecule has 11 heteroatoms. The van der Waals surface area contributed by atoms with E-state index in [1.807, 2.05) is 17.9 Å². The van der Waals surface area contributed by atoms with E-state index in [2.05, 4.69) is 15.6 Å². The number of anilines is 1. The van der Waals surface area contributed by atoms with E-state index in [0.717, 1.165) is 11.6 Å². The van der Waals surface area contributed by atoms with Gasteiger partial charge in [-0.2, -0.15) is 13.2 Å². The summed E-state index contributed by atoms with van der Waals surface area (Å²) in [5.74, 6) is -0.665. The summed E-state index contributed by atoms with van der Waals surface area (Å²) in [7, 11) is 0. The average Bonchev–Trinajstić information content (AvgIpc) is 3.21. The molecule has 0 atom stereocenters. The molecule has 1 aliphatic rings. The first-order valence-electron chi connectivity index (χ1n) is 10.6. The zero-order valence-corrected chi connectivity index (χ0v) is 18.0. The number of carbonyl (C=O) groups excluding carboxylic acids is 2. The highest BCUT2D eigenvalue weighted by molar-refractivity contribution is 5.97. The molecular formula is C22H23F3N6O2. The highest BCUT2D eigenvalue weighted by Crippen LogP contribution is 2.34. The lowest BCUT2D eigenvalue weighted by molar-refractivity contribution is -0.137. The van der Waals surface area contributed by atoms with E-state index < -0.39 is 17.6 Å². The van der Waals surface area contributed by atoms with Crippen molar-refractivity contribution >= 4 is 28.5 Å². The van der Waals surface area contributed by atoms with E-state index in [-0.39, 0.29) is 18.1 Å². The molecule has 0 unspecified atom stereocenters. The van der Waals surface area contributed by atoms with Crippen LogP contribution in [0, 0.1) is 0 Å². The maximum Gasteiger partial charge on any atom is 0.418 e. The predicted molar refractivity (Wildman–Crippen MR) is 116 cm³/mol. The van der Waals surface area contributed by atoms with Crippen molar-refractivity contribution in [3.63, 3.8) is 0 Å².